The Morgan fingerprint density at radius 2 is 1.74 bits per heavy atom. The van der Waals surface area contributed by atoms with E-state index in [1.165, 1.54) is 0 Å². The van der Waals surface area contributed by atoms with Crippen molar-refractivity contribution in [1.29, 1.82) is 0 Å². The summed E-state index contributed by atoms with van der Waals surface area (Å²) in [6.07, 6.45) is 1.85. The Kier molecular flexibility index (Phi) is 5.31. The quantitative estimate of drug-likeness (QED) is 0.632. The van der Waals surface area contributed by atoms with Crippen LogP contribution in [-0.4, -0.2) is 21.7 Å². The number of carbonyl (C=O) groups excluding carboxylic acids is 1. The summed E-state index contributed by atoms with van der Waals surface area (Å²) >= 11 is 0. The number of nitrogens with zero attached hydrogens (tertiary/aromatic N) is 2. The van der Waals surface area contributed by atoms with E-state index in [1.54, 1.807) is 34.3 Å². The number of rotatable bonds is 5. The molecule has 140 valence electrons. The highest BCUT2D eigenvalue weighted by molar-refractivity contribution is 5.93. The van der Waals surface area contributed by atoms with Gasteiger partial charge in [0.1, 0.15) is 0 Å². The van der Waals surface area contributed by atoms with Gasteiger partial charge in [0.05, 0.1) is 23.6 Å². The topological polar surface area (TPSA) is 53.2 Å². The van der Waals surface area contributed by atoms with Gasteiger partial charge in [0.25, 0.3) is 0 Å². The van der Waals surface area contributed by atoms with E-state index < -0.39 is 5.97 Å². The Balaban J connectivity index is 2.29. The zero-order chi connectivity index (χ0) is 19.6. The molecule has 5 nitrogen and oxygen atoms in total. The predicted octanol–water partition coefficient (Wildman–Crippen LogP) is 4.37. The van der Waals surface area contributed by atoms with Crippen molar-refractivity contribution in [2.45, 2.75) is 33.7 Å². The van der Waals surface area contributed by atoms with Crippen LogP contribution >= 0.6 is 0 Å². The Bertz CT molecular complexity index is 1010. The van der Waals surface area contributed by atoms with Crippen LogP contribution in [0.4, 0.5) is 0 Å². The number of hydrogen-bond acceptors (Lipinski definition) is 3. The highest BCUT2D eigenvalue weighted by atomic mass is 16.5. The SMILES string of the molecule is CCOC(=O)c1ccccc1-n1c(-c2ccc(C)cc2)cn(C(C)C)c1=O. The second-order valence-corrected chi connectivity index (χ2v) is 6.74. The minimum absolute atomic E-state index is 0.00213. The minimum Gasteiger partial charge on any atom is -0.462 e. The minimum atomic E-state index is -0.438. The van der Waals surface area contributed by atoms with Crippen LogP contribution in [0, 0.1) is 6.92 Å². The first-order valence-corrected chi connectivity index (χ1v) is 9.11. The van der Waals surface area contributed by atoms with Crippen LogP contribution in [0.2, 0.25) is 0 Å². The molecule has 0 spiro atoms. The molecular weight excluding hydrogens is 340 g/mol. The van der Waals surface area contributed by atoms with Gasteiger partial charge in [-0.15, -0.1) is 0 Å². The average Bonchev–Trinajstić information content (AvgIpc) is 3.00. The van der Waals surface area contributed by atoms with Crippen LogP contribution in [-0.2, 0) is 4.74 Å². The lowest BCUT2D eigenvalue weighted by Gasteiger charge is -2.12. The molecule has 27 heavy (non-hydrogen) atoms. The molecular formula is C22H24N2O3. The number of aryl methyl sites for hydroxylation is 1. The summed E-state index contributed by atoms with van der Waals surface area (Å²) in [4.78, 5) is 25.6. The molecule has 0 aliphatic heterocycles. The van der Waals surface area contributed by atoms with Crippen molar-refractivity contribution in [3.63, 3.8) is 0 Å². The number of hydrogen-bond donors (Lipinski definition) is 0. The molecule has 0 amide bonds. The summed E-state index contributed by atoms with van der Waals surface area (Å²) in [5, 5.41) is 0. The first-order chi connectivity index (χ1) is 12.9. The van der Waals surface area contributed by atoms with Gasteiger partial charge in [0.15, 0.2) is 0 Å². The van der Waals surface area contributed by atoms with Crippen LogP contribution in [0.3, 0.4) is 0 Å². The standard InChI is InChI=1S/C22H24N2O3/c1-5-27-21(25)18-8-6-7-9-19(18)24-20(14-23(15(2)3)22(24)26)17-12-10-16(4)11-13-17/h6-15H,5H2,1-4H3. The van der Waals surface area contributed by atoms with E-state index in [-0.39, 0.29) is 18.3 Å². The predicted molar refractivity (Wildman–Crippen MR) is 107 cm³/mol. The van der Waals surface area contributed by atoms with Gasteiger partial charge in [0.2, 0.25) is 0 Å². The van der Waals surface area contributed by atoms with E-state index in [2.05, 4.69) is 0 Å². The van der Waals surface area contributed by atoms with E-state index in [9.17, 15) is 9.59 Å². The van der Waals surface area contributed by atoms with E-state index in [0.717, 1.165) is 16.8 Å². The van der Waals surface area contributed by atoms with Crippen LogP contribution in [0.1, 0.15) is 42.7 Å². The summed E-state index contributed by atoms with van der Waals surface area (Å²) < 4.78 is 8.46. The molecule has 0 saturated carbocycles. The van der Waals surface area contributed by atoms with Gasteiger partial charge in [-0.3, -0.25) is 9.13 Å². The van der Waals surface area contributed by atoms with Crippen LogP contribution < -0.4 is 5.69 Å². The van der Waals surface area contributed by atoms with E-state index in [0.29, 0.717) is 11.3 Å². The second-order valence-electron chi connectivity index (χ2n) is 6.74. The van der Waals surface area contributed by atoms with Gasteiger partial charge in [-0.1, -0.05) is 42.0 Å². The average molecular weight is 364 g/mol. The van der Waals surface area contributed by atoms with Crippen molar-refractivity contribution in [2.75, 3.05) is 6.61 Å². The molecule has 0 N–H and O–H groups in total. The van der Waals surface area contributed by atoms with Gasteiger partial charge in [-0.25, -0.2) is 9.59 Å². The van der Waals surface area contributed by atoms with Crippen molar-refractivity contribution in [2.24, 2.45) is 0 Å². The molecule has 0 aliphatic rings. The zero-order valence-corrected chi connectivity index (χ0v) is 16.1. The molecule has 1 heterocycles. The Morgan fingerprint density at radius 1 is 1.07 bits per heavy atom. The first kappa shape index (κ1) is 18.7. The molecule has 5 heteroatoms. The lowest BCUT2D eigenvalue weighted by Crippen LogP contribution is -2.26. The highest BCUT2D eigenvalue weighted by Gasteiger charge is 2.21. The highest BCUT2D eigenvalue weighted by Crippen LogP contribution is 2.25. The molecule has 0 aliphatic carbocycles. The van der Waals surface area contributed by atoms with Crippen molar-refractivity contribution >= 4 is 5.97 Å². The van der Waals surface area contributed by atoms with E-state index >= 15 is 0 Å². The number of imidazole rings is 1. The van der Waals surface area contributed by atoms with Crippen molar-refractivity contribution < 1.29 is 9.53 Å². The zero-order valence-electron chi connectivity index (χ0n) is 16.1. The molecule has 3 rings (SSSR count). The Morgan fingerprint density at radius 3 is 2.37 bits per heavy atom. The normalized spacial score (nSPS) is 11.0. The number of carbonyl (C=O) groups is 1. The van der Waals surface area contributed by atoms with E-state index in [1.807, 2.05) is 57.3 Å². The lowest BCUT2D eigenvalue weighted by atomic mass is 10.1. The van der Waals surface area contributed by atoms with Gasteiger partial charge in [0, 0.05) is 17.8 Å². The smallest absolute Gasteiger partial charge is 0.340 e. The number of benzene rings is 2. The fourth-order valence-electron chi connectivity index (χ4n) is 3.04. The number of ether oxygens (including phenoxy) is 1. The largest absolute Gasteiger partial charge is 0.462 e. The maximum atomic E-state index is 13.2. The van der Waals surface area contributed by atoms with Gasteiger partial charge >= 0.3 is 11.7 Å². The molecule has 0 radical (unpaired) electrons. The van der Waals surface area contributed by atoms with Crippen molar-refractivity contribution in [1.82, 2.24) is 9.13 Å². The Hall–Kier alpha value is -3.08. The number of aromatic nitrogens is 2. The van der Waals surface area contributed by atoms with Crippen molar-refractivity contribution in [3.8, 4) is 16.9 Å². The summed E-state index contributed by atoms with van der Waals surface area (Å²) in [7, 11) is 0. The second kappa shape index (κ2) is 7.66. The summed E-state index contributed by atoms with van der Waals surface area (Å²) in [6, 6.07) is 15.0. The van der Waals surface area contributed by atoms with Crippen LogP contribution in [0.15, 0.2) is 59.5 Å². The third-order valence-electron chi connectivity index (χ3n) is 4.46. The third-order valence-corrected chi connectivity index (χ3v) is 4.46. The van der Waals surface area contributed by atoms with Crippen molar-refractivity contribution in [3.05, 3.63) is 76.3 Å². The molecule has 0 fully saturated rings. The van der Waals surface area contributed by atoms with E-state index in [4.69, 9.17) is 4.74 Å². The maximum Gasteiger partial charge on any atom is 0.340 e. The lowest BCUT2D eigenvalue weighted by molar-refractivity contribution is 0.0526. The molecule has 2 aromatic carbocycles. The molecule has 0 atom stereocenters. The molecule has 0 unspecified atom stereocenters. The summed E-state index contributed by atoms with van der Waals surface area (Å²) in [5.41, 5.74) is 3.51. The molecule has 1 aromatic heterocycles. The van der Waals surface area contributed by atoms with Gasteiger partial charge in [-0.05, 0) is 39.8 Å². The van der Waals surface area contributed by atoms with Gasteiger partial charge in [-0.2, -0.15) is 0 Å². The number of para-hydroxylation sites is 1. The molecule has 0 saturated heterocycles. The van der Waals surface area contributed by atoms with Crippen LogP contribution in [0.25, 0.3) is 16.9 Å². The monoisotopic (exact) mass is 364 g/mol. The van der Waals surface area contributed by atoms with Gasteiger partial charge < -0.3 is 4.74 Å². The summed E-state index contributed by atoms with van der Waals surface area (Å²) in [5.74, 6) is -0.438. The number of esters is 1. The fourth-order valence-corrected chi connectivity index (χ4v) is 3.04. The Labute approximate surface area is 158 Å². The summed E-state index contributed by atoms with van der Waals surface area (Å²) in [6.45, 7) is 7.98. The fraction of sp³-hybridized carbons (Fsp3) is 0.273. The third kappa shape index (κ3) is 3.58. The maximum absolute atomic E-state index is 13.2. The molecule has 3 aromatic rings. The first-order valence-electron chi connectivity index (χ1n) is 9.11. The van der Waals surface area contributed by atoms with Crippen LogP contribution in [0.5, 0.6) is 0 Å². The molecule has 0 bridgehead atoms.